The number of carbonyl (C=O) groups is 1. The smallest absolute Gasteiger partial charge is 0.307 e. The second-order valence-corrected chi connectivity index (χ2v) is 8.84. The molecule has 9 heteroatoms. The highest BCUT2D eigenvalue weighted by molar-refractivity contribution is 7.90. The minimum atomic E-state index is -4.12. The van der Waals surface area contributed by atoms with Gasteiger partial charge in [0.25, 0.3) is 10.0 Å². The Hall–Kier alpha value is -2.19. The Kier molecular flexibility index (Phi) is 6.43. The number of aryl methyl sites for hydroxylation is 1. The first-order valence-corrected chi connectivity index (χ1v) is 10.3. The average molecular weight is 411 g/mol. The Morgan fingerprint density at radius 3 is 2.15 bits per heavy atom. The van der Waals surface area contributed by atoms with Gasteiger partial charge in [-0.25, -0.2) is 19.5 Å². The van der Waals surface area contributed by atoms with E-state index in [-0.39, 0.29) is 16.9 Å². The van der Waals surface area contributed by atoms with Crippen LogP contribution >= 0.6 is 11.6 Å². The highest BCUT2D eigenvalue weighted by Gasteiger charge is 2.22. The summed E-state index contributed by atoms with van der Waals surface area (Å²) in [6.07, 6.45) is 1.32. The van der Waals surface area contributed by atoms with Gasteiger partial charge in [-0.2, -0.15) is 8.42 Å². The molecule has 0 fully saturated rings. The minimum absolute atomic E-state index is 0.0811. The molecular weight excluding hydrogens is 388 g/mol. The fourth-order valence-corrected chi connectivity index (χ4v) is 3.73. The zero-order valence-corrected chi connectivity index (χ0v) is 17.4. The molecule has 0 atom stereocenters. The van der Waals surface area contributed by atoms with E-state index in [1.54, 1.807) is 19.1 Å². The summed E-state index contributed by atoms with van der Waals surface area (Å²) in [7, 11) is -4.12. The number of nitrogens with zero attached hydrogens (tertiary/aromatic N) is 2. The molecule has 0 aliphatic heterocycles. The van der Waals surface area contributed by atoms with Gasteiger partial charge in [-0.05, 0) is 48.1 Å². The molecule has 2 aromatic rings. The first kappa shape index (κ1) is 21.1. The number of benzene rings is 1. The number of amides is 2. The van der Waals surface area contributed by atoms with Gasteiger partial charge in [0.05, 0.1) is 0 Å². The molecule has 2 N–H and O–H groups in total. The highest BCUT2D eigenvalue weighted by Crippen LogP contribution is 2.35. The summed E-state index contributed by atoms with van der Waals surface area (Å²) in [5.74, 6) is 0.454. The molecular formula is C18H23ClN4O3S. The Morgan fingerprint density at radius 2 is 1.67 bits per heavy atom. The van der Waals surface area contributed by atoms with Gasteiger partial charge in [0.2, 0.25) is 0 Å². The lowest BCUT2D eigenvalue weighted by molar-refractivity contribution is 0.256. The van der Waals surface area contributed by atoms with Crippen LogP contribution in [-0.2, 0) is 10.0 Å². The lowest BCUT2D eigenvalue weighted by Crippen LogP contribution is -2.35. The summed E-state index contributed by atoms with van der Waals surface area (Å²) < 4.78 is 26.8. The van der Waals surface area contributed by atoms with E-state index in [1.807, 2.05) is 32.4 Å². The lowest BCUT2D eigenvalue weighted by atomic mass is 9.92. The highest BCUT2D eigenvalue weighted by atomic mass is 35.5. The SMILES string of the molecule is Cc1nccc(S(=O)(=O)NC(=O)Nc2c(C(C)C)cc(Cl)cc2C(C)C)n1. The zero-order valence-electron chi connectivity index (χ0n) is 15.9. The number of nitrogens with one attached hydrogen (secondary N) is 2. The lowest BCUT2D eigenvalue weighted by Gasteiger charge is -2.21. The van der Waals surface area contributed by atoms with Crippen molar-refractivity contribution in [2.45, 2.75) is 51.5 Å². The number of urea groups is 1. The third-order valence-corrected chi connectivity index (χ3v) is 5.35. The van der Waals surface area contributed by atoms with Crippen molar-refractivity contribution in [3.8, 4) is 0 Å². The molecule has 0 radical (unpaired) electrons. The second-order valence-electron chi connectivity index (χ2n) is 6.77. The molecule has 1 aromatic heterocycles. The average Bonchev–Trinajstić information content (AvgIpc) is 2.55. The van der Waals surface area contributed by atoms with Crippen LogP contribution in [0.3, 0.4) is 0 Å². The number of sulfonamides is 1. The van der Waals surface area contributed by atoms with E-state index in [9.17, 15) is 13.2 Å². The predicted molar refractivity (Wildman–Crippen MR) is 106 cm³/mol. The molecule has 0 spiro atoms. The maximum Gasteiger partial charge on any atom is 0.333 e. The fraction of sp³-hybridized carbons (Fsp3) is 0.389. The summed E-state index contributed by atoms with van der Waals surface area (Å²) in [4.78, 5) is 20.1. The van der Waals surface area contributed by atoms with E-state index in [2.05, 4.69) is 15.3 Å². The molecule has 2 rings (SSSR count). The van der Waals surface area contributed by atoms with Crippen LogP contribution < -0.4 is 10.0 Å². The topological polar surface area (TPSA) is 101 Å². The second kappa shape index (κ2) is 8.22. The normalized spacial score (nSPS) is 11.7. The van der Waals surface area contributed by atoms with Crippen molar-refractivity contribution in [1.29, 1.82) is 0 Å². The third-order valence-electron chi connectivity index (χ3n) is 3.90. The van der Waals surface area contributed by atoms with Crippen LogP contribution in [0.5, 0.6) is 0 Å². The van der Waals surface area contributed by atoms with Gasteiger partial charge in [-0.1, -0.05) is 39.3 Å². The van der Waals surface area contributed by atoms with Gasteiger partial charge in [-0.15, -0.1) is 0 Å². The van der Waals surface area contributed by atoms with Gasteiger partial charge < -0.3 is 5.32 Å². The standard InChI is InChI=1S/C18H23ClN4O3S/c1-10(2)14-8-13(19)9-15(11(3)4)17(14)22-18(24)23-27(25,26)16-6-7-20-12(5)21-16/h6-11H,1-5H3,(H2,22,23,24). The maximum atomic E-state index is 12.4. The first-order chi connectivity index (χ1) is 12.5. The molecule has 2 amide bonds. The van der Waals surface area contributed by atoms with E-state index in [1.165, 1.54) is 12.3 Å². The van der Waals surface area contributed by atoms with Crippen molar-refractivity contribution < 1.29 is 13.2 Å². The molecule has 1 aromatic carbocycles. The van der Waals surface area contributed by atoms with Gasteiger partial charge in [0, 0.05) is 16.9 Å². The maximum absolute atomic E-state index is 12.4. The van der Waals surface area contributed by atoms with E-state index >= 15 is 0 Å². The van der Waals surface area contributed by atoms with Crippen molar-refractivity contribution in [2.24, 2.45) is 0 Å². The van der Waals surface area contributed by atoms with E-state index in [0.717, 1.165) is 11.1 Å². The summed E-state index contributed by atoms with van der Waals surface area (Å²) in [5, 5.41) is 2.98. The Bertz CT molecular complexity index is 930. The van der Waals surface area contributed by atoms with E-state index < -0.39 is 16.1 Å². The number of hydrogen-bond acceptors (Lipinski definition) is 5. The number of aromatic nitrogens is 2. The van der Waals surface area contributed by atoms with Crippen molar-refractivity contribution >= 4 is 33.3 Å². The minimum Gasteiger partial charge on any atom is -0.307 e. The summed E-state index contributed by atoms with van der Waals surface area (Å²) in [6.45, 7) is 9.45. The summed E-state index contributed by atoms with van der Waals surface area (Å²) in [6, 6.07) is 3.91. The van der Waals surface area contributed by atoms with Crippen molar-refractivity contribution in [3.05, 3.63) is 46.4 Å². The van der Waals surface area contributed by atoms with E-state index in [4.69, 9.17) is 11.6 Å². The van der Waals surface area contributed by atoms with Crippen molar-refractivity contribution in [3.63, 3.8) is 0 Å². The molecule has 0 bridgehead atoms. The van der Waals surface area contributed by atoms with Crippen molar-refractivity contribution in [1.82, 2.24) is 14.7 Å². The van der Waals surface area contributed by atoms with Crippen LogP contribution in [0.15, 0.2) is 29.4 Å². The monoisotopic (exact) mass is 410 g/mol. The predicted octanol–water partition coefficient (Wildman–Crippen LogP) is 4.20. The molecule has 7 nitrogen and oxygen atoms in total. The van der Waals surface area contributed by atoms with Gasteiger partial charge in [0.1, 0.15) is 5.82 Å². The Balaban J connectivity index is 2.35. The fourth-order valence-electron chi connectivity index (χ4n) is 2.60. The largest absolute Gasteiger partial charge is 0.333 e. The van der Waals surface area contributed by atoms with Crippen LogP contribution in [0, 0.1) is 6.92 Å². The zero-order chi connectivity index (χ0) is 20.4. The number of halogens is 1. The molecule has 0 saturated heterocycles. The van der Waals surface area contributed by atoms with E-state index in [0.29, 0.717) is 16.5 Å². The van der Waals surface area contributed by atoms with Crippen LogP contribution in [-0.4, -0.2) is 24.4 Å². The molecule has 0 saturated carbocycles. The molecule has 0 aliphatic carbocycles. The summed E-state index contributed by atoms with van der Waals surface area (Å²) in [5.41, 5.74) is 2.23. The van der Waals surface area contributed by atoms with Gasteiger partial charge in [0.15, 0.2) is 5.03 Å². The number of carbonyl (C=O) groups excluding carboxylic acids is 1. The first-order valence-electron chi connectivity index (χ1n) is 8.48. The van der Waals surface area contributed by atoms with Crippen LogP contribution in [0.25, 0.3) is 0 Å². The Labute approximate surface area is 164 Å². The van der Waals surface area contributed by atoms with Gasteiger partial charge in [-0.3, -0.25) is 0 Å². The van der Waals surface area contributed by atoms with Gasteiger partial charge >= 0.3 is 6.03 Å². The molecule has 0 aliphatic rings. The molecule has 27 heavy (non-hydrogen) atoms. The Morgan fingerprint density at radius 1 is 1.11 bits per heavy atom. The van der Waals surface area contributed by atoms with Crippen molar-refractivity contribution in [2.75, 3.05) is 5.32 Å². The number of anilines is 1. The van der Waals surface area contributed by atoms with Crippen LogP contribution in [0.2, 0.25) is 5.02 Å². The van der Waals surface area contributed by atoms with Crippen LogP contribution in [0.4, 0.5) is 10.5 Å². The molecule has 146 valence electrons. The number of rotatable bonds is 5. The summed E-state index contributed by atoms with van der Waals surface area (Å²) >= 11 is 6.21. The molecule has 0 unspecified atom stereocenters. The number of hydrogen-bond donors (Lipinski definition) is 2. The third kappa shape index (κ3) is 5.17. The van der Waals surface area contributed by atoms with Crippen LogP contribution in [0.1, 0.15) is 56.5 Å². The molecule has 1 heterocycles. The quantitative estimate of drug-likeness (QED) is 0.719.